The summed E-state index contributed by atoms with van der Waals surface area (Å²) in [5.41, 5.74) is 1.07. The number of nitrogens with one attached hydrogen (secondary N) is 2. The molecule has 1 saturated heterocycles. The van der Waals surface area contributed by atoms with Gasteiger partial charge in [-0.05, 0) is 24.1 Å². The van der Waals surface area contributed by atoms with Crippen molar-refractivity contribution in [1.29, 1.82) is 0 Å². The molecule has 0 radical (unpaired) electrons. The fraction of sp³-hybridized carbons (Fsp3) is 0.571. The summed E-state index contributed by atoms with van der Waals surface area (Å²) in [4.78, 5) is 0.303. The molecule has 0 saturated carbocycles. The van der Waals surface area contributed by atoms with Crippen LogP contribution >= 0.6 is 0 Å². The Balaban J connectivity index is 2.00. The quantitative estimate of drug-likeness (QED) is 0.829. The third kappa shape index (κ3) is 4.28. The van der Waals surface area contributed by atoms with E-state index in [2.05, 4.69) is 23.9 Å². The van der Waals surface area contributed by atoms with Crippen LogP contribution in [0.1, 0.15) is 25.8 Å². The van der Waals surface area contributed by atoms with Crippen molar-refractivity contribution in [3.05, 3.63) is 29.8 Å². The van der Waals surface area contributed by atoms with Gasteiger partial charge >= 0.3 is 0 Å². The molecular formula is C14H22N2O3S. The van der Waals surface area contributed by atoms with E-state index in [4.69, 9.17) is 4.74 Å². The zero-order chi connectivity index (χ0) is 14.6. The Morgan fingerprint density at radius 2 is 2.00 bits per heavy atom. The van der Waals surface area contributed by atoms with E-state index >= 15 is 0 Å². The molecule has 0 aromatic heterocycles. The molecule has 1 aromatic rings. The van der Waals surface area contributed by atoms with Crippen LogP contribution in [-0.4, -0.2) is 33.7 Å². The maximum atomic E-state index is 12.2. The van der Waals surface area contributed by atoms with Crippen LogP contribution in [-0.2, 0) is 21.3 Å². The summed E-state index contributed by atoms with van der Waals surface area (Å²) in [5, 5.41) is 3.30. The third-order valence-corrected chi connectivity index (χ3v) is 4.74. The van der Waals surface area contributed by atoms with Crippen molar-refractivity contribution >= 4 is 10.0 Å². The Kier molecular flexibility index (Phi) is 5.15. The van der Waals surface area contributed by atoms with Crippen molar-refractivity contribution in [2.24, 2.45) is 0 Å². The van der Waals surface area contributed by atoms with Gasteiger partial charge in [-0.25, -0.2) is 13.1 Å². The number of hydrogen-bond donors (Lipinski definition) is 2. The highest BCUT2D eigenvalue weighted by Crippen LogP contribution is 2.13. The second-order valence-electron chi connectivity index (χ2n) is 5.36. The molecule has 2 N–H and O–H groups in total. The molecule has 2 rings (SSSR count). The minimum Gasteiger partial charge on any atom is -0.380 e. The van der Waals surface area contributed by atoms with Gasteiger partial charge in [0, 0.05) is 25.2 Å². The van der Waals surface area contributed by atoms with Gasteiger partial charge in [0.25, 0.3) is 0 Å². The lowest BCUT2D eigenvalue weighted by Crippen LogP contribution is -2.35. The monoisotopic (exact) mass is 298 g/mol. The molecule has 1 aliphatic rings. The lowest BCUT2D eigenvalue weighted by atomic mass is 10.2. The third-order valence-electron chi connectivity index (χ3n) is 3.20. The van der Waals surface area contributed by atoms with E-state index in [0.29, 0.717) is 24.2 Å². The highest BCUT2D eigenvalue weighted by atomic mass is 32.2. The first-order valence-electron chi connectivity index (χ1n) is 6.90. The Hall–Kier alpha value is -0.950. The van der Waals surface area contributed by atoms with Crippen molar-refractivity contribution in [1.82, 2.24) is 10.0 Å². The van der Waals surface area contributed by atoms with Gasteiger partial charge in [0.1, 0.15) is 0 Å². The molecule has 1 heterocycles. The van der Waals surface area contributed by atoms with Gasteiger partial charge in [0.05, 0.1) is 11.5 Å². The van der Waals surface area contributed by atoms with Crippen LogP contribution < -0.4 is 10.0 Å². The number of rotatable bonds is 6. The number of benzene rings is 1. The molecule has 1 atom stereocenters. The first-order valence-corrected chi connectivity index (χ1v) is 8.38. The summed E-state index contributed by atoms with van der Waals surface area (Å²) in [6, 6.07) is 7.28. The Morgan fingerprint density at radius 3 is 2.55 bits per heavy atom. The molecule has 0 amide bonds. The van der Waals surface area contributed by atoms with Crippen molar-refractivity contribution in [3.8, 4) is 0 Å². The van der Waals surface area contributed by atoms with E-state index in [1.165, 1.54) is 0 Å². The number of ether oxygens (including phenoxy) is 1. The summed E-state index contributed by atoms with van der Waals surface area (Å²) in [5.74, 6) is 0. The maximum Gasteiger partial charge on any atom is 0.240 e. The van der Waals surface area contributed by atoms with Crippen LogP contribution in [0.5, 0.6) is 0 Å². The normalized spacial score (nSPS) is 19.6. The first-order chi connectivity index (χ1) is 9.47. The van der Waals surface area contributed by atoms with E-state index in [0.717, 1.165) is 18.5 Å². The van der Waals surface area contributed by atoms with Gasteiger partial charge in [-0.3, -0.25) is 0 Å². The van der Waals surface area contributed by atoms with Gasteiger partial charge in [0.2, 0.25) is 10.0 Å². The fourth-order valence-electron chi connectivity index (χ4n) is 2.02. The van der Waals surface area contributed by atoms with Crippen molar-refractivity contribution in [2.75, 3.05) is 13.2 Å². The minimum atomic E-state index is -3.44. The minimum absolute atomic E-state index is 0.109. The van der Waals surface area contributed by atoms with Crippen LogP contribution in [0.2, 0.25) is 0 Å². The van der Waals surface area contributed by atoms with Crippen molar-refractivity contribution < 1.29 is 13.2 Å². The van der Waals surface area contributed by atoms with E-state index in [-0.39, 0.29) is 6.04 Å². The van der Waals surface area contributed by atoms with Crippen LogP contribution in [0.25, 0.3) is 0 Å². The molecule has 0 spiro atoms. The molecule has 20 heavy (non-hydrogen) atoms. The first kappa shape index (κ1) is 15.4. The molecule has 5 nitrogen and oxygen atoms in total. The molecule has 1 aliphatic heterocycles. The molecule has 0 aliphatic carbocycles. The smallest absolute Gasteiger partial charge is 0.240 e. The van der Waals surface area contributed by atoms with E-state index in [1.807, 2.05) is 12.1 Å². The molecule has 6 heteroatoms. The zero-order valence-corrected chi connectivity index (χ0v) is 12.7. The van der Waals surface area contributed by atoms with Gasteiger partial charge in [-0.1, -0.05) is 26.0 Å². The number of sulfonamides is 1. The standard InChI is InChI=1S/C14H22N2O3S/c1-11(2)15-9-12-3-5-14(6-4-12)20(17,18)16-13-7-8-19-10-13/h3-6,11,13,15-16H,7-10H2,1-2H3. The molecule has 1 unspecified atom stereocenters. The highest BCUT2D eigenvalue weighted by Gasteiger charge is 2.23. The van der Waals surface area contributed by atoms with Gasteiger partial charge < -0.3 is 10.1 Å². The van der Waals surface area contributed by atoms with Gasteiger partial charge in [0.15, 0.2) is 0 Å². The van der Waals surface area contributed by atoms with Crippen molar-refractivity contribution in [3.63, 3.8) is 0 Å². The Bertz CT molecular complexity index is 520. The second kappa shape index (κ2) is 6.67. The lowest BCUT2D eigenvalue weighted by Gasteiger charge is -2.12. The van der Waals surface area contributed by atoms with Crippen LogP contribution in [0.15, 0.2) is 29.2 Å². The second-order valence-corrected chi connectivity index (χ2v) is 7.08. The molecular weight excluding hydrogens is 276 g/mol. The number of hydrogen-bond acceptors (Lipinski definition) is 4. The van der Waals surface area contributed by atoms with E-state index < -0.39 is 10.0 Å². The van der Waals surface area contributed by atoms with Crippen molar-refractivity contribution in [2.45, 2.75) is 43.8 Å². The SMILES string of the molecule is CC(C)NCc1ccc(S(=O)(=O)NC2CCOC2)cc1. The Labute approximate surface area is 120 Å². The zero-order valence-electron chi connectivity index (χ0n) is 11.9. The molecule has 0 bridgehead atoms. The Morgan fingerprint density at radius 1 is 1.30 bits per heavy atom. The average Bonchev–Trinajstić information content (AvgIpc) is 2.89. The fourth-order valence-corrected chi connectivity index (χ4v) is 3.28. The maximum absolute atomic E-state index is 12.2. The largest absolute Gasteiger partial charge is 0.380 e. The molecule has 1 fully saturated rings. The van der Waals surface area contributed by atoms with Gasteiger partial charge in [-0.15, -0.1) is 0 Å². The van der Waals surface area contributed by atoms with Crippen LogP contribution in [0, 0.1) is 0 Å². The summed E-state index contributed by atoms with van der Waals surface area (Å²) in [6.45, 7) is 5.96. The topological polar surface area (TPSA) is 67.4 Å². The molecule has 112 valence electrons. The van der Waals surface area contributed by atoms with Crippen LogP contribution in [0.3, 0.4) is 0 Å². The predicted octanol–water partition coefficient (Wildman–Crippen LogP) is 1.25. The summed E-state index contributed by atoms with van der Waals surface area (Å²) in [7, 11) is -3.44. The predicted molar refractivity (Wildman–Crippen MR) is 78.0 cm³/mol. The van der Waals surface area contributed by atoms with Gasteiger partial charge in [-0.2, -0.15) is 0 Å². The van der Waals surface area contributed by atoms with E-state index in [1.54, 1.807) is 12.1 Å². The highest BCUT2D eigenvalue weighted by molar-refractivity contribution is 7.89. The summed E-state index contributed by atoms with van der Waals surface area (Å²) < 4.78 is 32.2. The summed E-state index contributed by atoms with van der Waals surface area (Å²) in [6.07, 6.45) is 0.732. The molecule has 1 aromatic carbocycles. The average molecular weight is 298 g/mol. The van der Waals surface area contributed by atoms with Crippen LogP contribution in [0.4, 0.5) is 0 Å². The summed E-state index contributed by atoms with van der Waals surface area (Å²) >= 11 is 0. The lowest BCUT2D eigenvalue weighted by molar-refractivity contribution is 0.192. The van der Waals surface area contributed by atoms with E-state index in [9.17, 15) is 8.42 Å².